The zero-order valence-electron chi connectivity index (χ0n) is 21.0. The van der Waals surface area contributed by atoms with E-state index in [1.807, 2.05) is 60.7 Å². The van der Waals surface area contributed by atoms with Crippen LogP contribution in [0.1, 0.15) is 5.56 Å². The van der Waals surface area contributed by atoms with Crippen LogP contribution < -0.4 is 20.5 Å². The molecule has 9 heteroatoms. The maximum atomic E-state index is 13.4. The van der Waals surface area contributed by atoms with Crippen molar-refractivity contribution in [2.75, 3.05) is 12.9 Å². The molecule has 0 fully saturated rings. The summed E-state index contributed by atoms with van der Waals surface area (Å²) in [6.45, 7) is 0. The first-order valence-electron chi connectivity index (χ1n) is 12.0. The Kier molecular flexibility index (Phi) is 7.99. The van der Waals surface area contributed by atoms with Gasteiger partial charge in [-0.15, -0.1) is 0 Å². The standard InChI is InChI=1S/C30H24N4O4S/c1-37-23-16-14-22(15-17-23)34-29(36)26-12-5-6-13-27(26)32-30(34)39-20-28(35)33-31-19-21-8-7-11-25(18-21)38-24-9-3-2-4-10-24/h2-19H,20H2,1H3,(H,33,35)/b31-19+. The number of hydrazone groups is 1. The zero-order valence-corrected chi connectivity index (χ0v) is 21.8. The molecule has 0 spiro atoms. The number of aromatic nitrogens is 2. The lowest BCUT2D eigenvalue weighted by Gasteiger charge is -2.13. The van der Waals surface area contributed by atoms with Gasteiger partial charge in [0.2, 0.25) is 0 Å². The van der Waals surface area contributed by atoms with Crippen molar-refractivity contribution in [3.63, 3.8) is 0 Å². The van der Waals surface area contributed by atoms with E-state index in [1.54, 1.807) is 55.8 Å². The van der Waals surface area contributed by atoms with Gasteiger partial charge in [-0.05, 0) is 66.2 Å². The van der Waals surface area contributed by atoms with Crippen molar-refractivity contribution >= 4 is 34.8 Å². The van der Waals surface area contributed by atoms with Crippen LogP contribution in [-0.4, -0.2) is 34.5 Å². The molecule has 5 rings (SSSR count). The second-order valence-corrected chi connectivity index (χ2v) is 9.26. The smallest absolute Gasteiger partial charge is 0.266 e. The van der Waals surface area contributed by atoms with Crippen LogP contribution in [0.15, 0.2) is 118 Å². The molecule has 4 aromatic carbocycles. The number of rotatable bonds is 9. The quantitative estimate of drug-likeness (QED) is 0.117. The van der Waals surface area contributed by atoms with E-state index in [2.05, 4.69) is 15.5 Å². The fourth-order valence-electron chi connectivity index (χ4n) is 3.79. The summed E-state index contributed by atoms with van der Waals surface area (Å²) >= 11 is 1.15. The predicted octanol–water partition coefficient (Wildman–Crippen LogP) is 5.43. The van der Waals surface area contributed by atoms with Gasteiger partial charge in [0.1, 0.15) is 17.2 Å². The summed E-state index contributed by atoms with van der Waals surface area (Å²) in [7, 11) is 1.58. The molecule has 8 nitrogen and oxygen atoms in total. The Hall–Kier alpha value is -4.89. The molecule has 194 valence electrons. The lowest BCUT2D eigenvalue weighted by molar-refractivity contribution is -0.118. The van der Waals surface area contributed by atoms with Crippen LogP contribution in [0.3, 0.4) is 0 Å². The first-order chi connectivity index (χ1) is 19.1. The van der Waals surface area contributed by atoms with Crippen molar-refractivity contribution < 1.29 is 14.3 Å². The van der Waals surface area contributed by atoms with E-state index in [1.165, 1.54) is 4.57 Å². The molecule has 0 radical (unpaired) electrons. The number of benzene rings is 4. The van der Waals surface area contributed by atoms with Crippen molar-refractivity contribution in [3.8, 4) is 22.9 Å². The summed E-state index contributed by atoms with van der Waals surface area (Å²) in [6, 6.07) is 31.1. The summed E-state index contributed by atoms with van der Waals surface area (Å²) in [4.78, 5) is 30.6. The SMILES string of the molecule is COc1ccc(-n2c(SCC(=O)N/N=C/c3cccc(Oc4ccccc4)c3)nc3ccccc3c2=O)cc1. The van der Waals surface area contributed by atoms with Crippen LogP contribution in [0.5, 0.6) is 17.2 Å². The van der Waals surface area contributed by atoms with Gasteiger partial charge < -0.3 is 9.47 Å². The van der Waals surface area contributed by atoms with Crippen molar-refractivity contribution in [3.05, 3.63) is 119 Å². The number of nitrogens with zero attached hydrogens (tertiary/aromatic N) is 3. The van der Waals surface area contributed by atoms with E-state index < -0.39 is 0 Å². The minimum Gasteiger partial charge on any atom is -0.497 e. The van der Waals surface area contributed by atoms with E-state index >= 15 is 0 Å². The highest BCUT2D eigenvalue weighted by Crippen LogP contribution is 2.23. The second kappa shape index (κ2) is 12.1. The Morgan fingerprint density at radius 1 is 0.923 bits per heavy atom. The Morgan fingerprint density at radius 2 is 1.67 bits per heavy atom. The first-order valence-corrected chi connectivity index (χ1v) is 13.0. The van der Waals surface area contributed by atoms with E-state index in [4.69, 9.17) is 9.47 Å². The van der Waals surface area contributed by atoms with Gasteiger partial charge in [-0.2, -0.15) is 5.10 Å². The number of para-hydroxylation sites is 2. The lowest BCUT2D eigenvalue weighted by Crippen LogP contribution is -2.24. The average Bonchev–Trinajstić information content (AvgIpc) is 2.97. The van der Waals surface area contributed by atoms with Crippen LogP contribution in [0.2, 0.25) is 0 Å². The molecule has 5 aromatic rings. The Labute approximate surface area is 228 Å². The topological polar surface area (TPSA) is 94.8 Å². The van der Waals surface area contributed by atoms with Crippen LogP contribution in [0.4, 0.5) is 0 Å². The lowest BCUT2D eigenvalue weighted by atomic mass is 10.2. The summed E-state index contributed by atoms with van der Waals surface area (Å²) in [5.74, 6) is 1.73. The second-order valence-electron chi connectivity index (χ2n) is 8.32. The molecule has 0 aliphatic rings. The predicted molar refractivity (Wildman–Crippen MR) is 153 cm³/mol. The highest BCUT2D eigenvalue weighted by Gasteiger charge is 2.15. The molecule has 1 heterocycles. The minimum absolute atomic E-state index is 0.00936. The van der Waals surface area contributed by atoms with E-state index in [9.17, 15) is 9.59 Å². The van der Waals surface area contributed by atoms with Crippen LogP contribution in [0.25, 0.3) is 16.6 Å². The number of fused-ring (bicyclic) bond motifs is 1. The number of nitrogens with one attached hydrogen (secondary N) is 1. The van der Waals surface area contributed by atoms with Crippen LogP contribution in [0, 0.1) is 0 Å². The van der Waals surface area contributed by atoms with E-state index in [0.29, 0.717) is 33.2 Å². The number of thioether (sulfide) groups is 1. The molecule has 0 saturated carbocycles. The molecule has 0 unspecified atom stereocenters. The summed E-state index contributed by atoms with van der Waals surface area (Å²) in [5.41, 5.74) is 4.26. The molecule has 1 aromatic heterocycles. The molecule has 1 amide bonds. The third-order valence-electron chi connectivity index (χ3n) is 5.65. The van der Waals surface area contributed by atoms with Crippen molar-refractivity contribution in [1.82, 2.24) is 15.0 Å². The molecule has 1 N–H and O–H groups in total. The van der Waals surface area contributed by atoms with Crippen molar-refractivity contribution in [2.45, 2.75) is 5.16 Å². The summed E-state index contributed by atoms with van der Waals surface area (Å²) in [6.07, 6.45) is 1.54. The maximum absolute atomic E-state index is 13.4. The summed E-state index contributed by atoms with van der Waals surface area (Å²) < 4.78 is 12.6. The van der Waals surface area contributed by atoms with Crippen LogP contribution in [-0.2, 0) is 4.79 Å². The third-order valence-corrected chi connectivity index (χ3v) is 6.59. The van der Waals surface area contributed by atoms with E-state index in [0.717, 1.165) is 23.1 Å². The molecule has 0 saturated heterocycles. The number of carbonyl (C=O) groups excluding carboxylic acids is 1. The molecule has 0 atom stereocenters. The van der Waals surface area contributed by atoms with Gasteiger partial charge in [0, 0.05) is 0 Å². The highest BCUT2D eigenvalue weighted by molar-refractivity contribution is 7.99. The number of hydrogen-bond donors (Lipinski definition) is 1. The molecular formula is C30H24N4O4S. The van der Waals surface area contributed by atoms with Gasteiger partial charge in [0.05, 0.1) is 35.7 Å². The Bertz CT molecular complexity index is 1690. The van der Waals surface area contributed by atoms with Gasteiger partial charge in [0.25, 0.3) is 11.5 Å². The number of ether oxygens (including phenoxy) is 2. The minimum atomic E-state index is -0.336. The fraction of sp³-hybridized carbons (Fsp3) is 0.0667. The first kappa shape index (κ1) is 25.7. The monoisotopic (exact) mass is 536 g/mol. The van der Waals surface area contributed by atoms with E-state index in [-0.39, 0.29) is 17.2 Å². The van der Waals surface area contributed by atoms with Gasteiger partial charge in [0.15, 0.2) is 5.16 Å². The third kappa shape index (κ3) is 6.34. The highest BCUT2D eigenvalue weighted by atomic mass is 32.2. The molecular weight excluding hydrogens is 512 g/mol. The van der Waals surface area contributed by atoms with Gasteiger partial charge in [-0.1, -0.05) is 54.2 Å². The molecule has 0 aliphatic carbocycles. The molecule has 0 bridgehead atoms. The largest absolute Gasteiger partial charge is 0.497 e. The normalized spacial score (nSPS) is 11.0. The van der Waals surface area contributed by atoms with Gasteiger partial charge in [-0.25, -0.2) is 10.4 Å². The zero-order chi connectivity index (χ0) is 27.0. The average molecular weight is 537 g/mol. The molecule has 39 heavy (non-hydrogen) atoms. The number of carbonyl (C=O) groups is 1. The van der Waals surface area contributed by atoms with Crippen LogP contribution >= 0.6 is 11.8 Å². The van der Waals surface area contributed by atoms with Gasteiger partial charge >= 0.3 is 0 Å². The Morgan fingerprint density at radius 3 is 2.46 bits per heavy atom. The fourth-order valence-corrected chi connectivity index (χ4v) is 4.60. The maximum Gasteiger partial charge on any atom is 0.266 e. The molecule has 0 aliphatic heterocycles. The summed E-state index contributed by atoms with van der Waals surface area (Å²) in [5, 5.41) is 4.96. The number of methoxy groups -OCH3 is 1. The van der Waals surface area contributed by atoms with Crippen molar-refractivity contribution in [2.24, 2.45) is 5.10 Å². The van der Waals surface area contributed by atoms with Crippen molar-refractivity contribution in [1.29, 1.82) is 0 Å². The number of hydrogen-bond acceptors (Lipinski definition) is 7. The Balaban J connectivity index is 1.28. The van der Waals surface area contributed by atoms with Gasteiger partial charge in [-0.3, -0.25) is 14.2 Å². The number of amides is 1.